The molecule has 0 unspecified atom stereocenters. The van der Waals surface area contributed by atoms with Gasteiger partial charge in [-0.05, 0) is 37.7 Å². The van der Waals surface area contributed by atoms with Gasteiger partial charge in [-0.3, -0.25) is 14.2 Å². The lowest BCUT2D eigenvalue weighted by molar-refractivity contribution is -0.142. The van der Waals surface area contributed by atoms with Gasteiger partial charge < -0.3 is 4.74 Å². The molecule has 1 aliphatic carbocycles. The summed E-state index contributed by atoms with van der Waals surface area (Å²) in [5.74, 6) is 0.411. The molecule has 2 aliphatic rings. The molecule has 0 fully saturated rings. The van der Waals surface area contributed by atoms with Gasteiger partial charge in [0.1, 0.15) is 10.1 Å². The van der Waals surface area contributed by atoms with Crippen LogP contribution >= 0.6 is 23.1 Å². The van der Waals surface area contributed by atoms with Crippen molar-refractivity contribution in [1.82, 2.24) is 9.55 Å². The molecule has 2 aromatic heterocycles. The van der Waals surface area contributed by atoms with Crippen LogP contribution in [0.4, 0.5) is 0 Å². The van der Waals surface area contributed by atoms with Gasteiger partial charge in [-0.25, -0.2) is 4.98 Å². The number of hydrogen-bond donors (Lipinski definition) is 0. The summed E-state index contributed by atoms with van der Waals surface area (Å²) in [5, 5.41) is 1.07. The predicted molar refractivity (Wildman–Crippen MR) is 91.3 cm³/mol. The van der Waals surface area contributed by atoms with Gasteiger partial charge in [0, 0.05) is 4.88 Å². The van der Waals surface area contributed by atoms with E-state index in [2.05, 4.69) is 11.9 Å². The summed E-state index contributed by atoms with van der Waals surface area (Å²) in [6, 6.07) is 0. The fraction of sp³-hybridized carbons (Fsp3) is 0.562. The molecule has 0 saturated carbocycles. The van der Waals surface area contributed by atoms with Crippen LogP contribution in [-0.4, -0.2) is 27.4 Å². The minimum atomic E-state index is -0.359. The molecule has 0 amide bonds. The molecular formula is C16H18N2O3S2. The SMILES string of the molecule is CCOC(=O)[C@@H]1Cn2c(nc3sc4c(c3c2=O)CC[C@@H](C)C4)S1. The second-order valence-corrected chi connectivity index (χ2v) is 8.45. The van der Waals surface area contributed by atoms with Crippen molar-refractivity contribution in [3.8, 4) is 0 Å². The van der Waals surface area contributed by atoms with Crippen LogP contribution in [0.1, 0.15) is 30.7 Å². The first-order valence-corrected chi connectivity index (χ1v) is 9.66. The molecule has 122 valence electrons. The number of ether oxygens (including phenoxy) is 1. The van der Waals surface area contributed by atoms with Crippen molar-refractivity contribution in [3.05, 3.63) is 20.8 Å². The number of fused-ring (bicyclic) bond motifs is 4. The number of aromatic nitrogens is 2. The fourth-order valence-corrected chi connectivity index (χ4v) is 5.85. The van der Waals surface area contributed by atoms with Crippen molar-refractivity contribution in [3.63, 3.8) is 0 Å². The maximum absolute atomic E-state index is 12.9. The van der Waals surface area contributed by atoms with Gasteiger partial charge in [0.05, 0.1) is 18.5 Å². The summed E-state index contributed by atoms with van der Waals surface area (Å²) in [6.45, 7) is 4.77. The van der Waals surface area contributed by atoms with Crippen LogP contribution in [0.25, 0.3) is 10.2 Å². The summed E-state index contributed by atoms with van der Waals surface area (Å²) in [5.41, 5.74) is 1.21. The van der Waals surface area contributed by atoms with Gasteiger partial charge in [-0.1, -0.05) is 18.7 Å². The normalized spacial score (nSPS) is 22.9. The summed E-state index contributed by atoms with van der Waals surface area (Å²) in [6.07, 6.45) is 3.13. The molecular weight excluding hydrogens is 332 g/mol. The second-order valence-electron chi connectivity index (χ2n) is 6.20. The third-order valence-corrected chi connectivity index (χ3v) is 6.82. The quantitative estimate of drug-likeness (QED) is 0.615. The van der Waals surface area contributed by atoms with Crippen molar-refractivity contribution < 1.29 is 9.53 Å². The number of aryl methyl sites for hydroxylation is 1. The highest BCUT2D eigenvalue weighted by molar-refractivity contribution is 8.00. The highest BCUT2D eigenvalue weighted by atomic mass is 32.2. The summed E-state index contributed by atoms with van der Waals surface area (Å²) in [7, 11) is 0. The average Bonchev–Trinajstić information content (AvgIpc) is 3.08. The van der Waals surface area contributed by atoms with Gasteiger partial charge in [-0.15, -0.1) is 11.3 Å². The number of esters is 1. The Hall–Kier alpha value is -1.34. The molecule has 0 N–H and O–H groups in total. The number of thioether (sulfide) groups is 1. The smallest absolute Gasteiger partial charge is 0.321 e. The Balaban J connectivity index is 1.78. The number of nitrogens with zero attached hydrogens (tertiary/aromatic N) is 2. The summed E-state index contributed by atoms with van der Waals surface area (Å²) in [4.78, 5) is 31.7. The molecule has 0 aromatic carbocycles. The van der Waals surface area contributed by atoms with Crippen LogP contribution in [0.2, 0.25) is 0 Å². The van der Waals surface area contributed by atoms with Gasteiger partial charge in [0.25, 0.3) is 5.56 Å². The van der Waals surface area contributed by atoms with Gasteiger partial charge >= 0.3 is 5.97 Å². The minimum absolute atomic E-state index is 0.0105. The fourth-order valence-electron chi connectivity index (χ4n) is 3.34. The standard InChI is InChI=1S/C16H18N2O3S2/c1-3-21-15(20)11-7-18-14(19)12-9-5-4-8(2)6-10(9)22-13(12)17-16(18)23-11/h8,11H,3-7H2,1-2H3/t8-,11+/m1/s1. The number of rotatable bonds is 2. The highest BCUT2D eigenvalue weighted by Crippen LogP contribution is 2.38. The average molecular weight is 350 g/mol. The Labute approximate surface area is 142 Å². The molecule has 0 radical (unpaired) electrons. The minimum Gasteiger partial charge on any atom is -0.465 e. The number of carbonyl (C=O) groups excluding carboxylic acids is 1. The lowest BCUT2D eigenvalue weighted by Crippen LogP contribution is -2.26. The Morgan fingerprint density at radius 3 is 3.09 bits per heavy atom. The van der Waals surface area contributed by atoms with Crippen LogP contribution < -0.4 is 5.56 Å². The molecule has 3 heterocycles. The van der Waals surface area contributed by atoms with E-state index in [1.165, 1.54) is 22.2 Å². The first-order chi connectivity index (χ1) is 11.1. The highest BCUT2D eigenvalue weighted by Gasteiger charge is 2.33. The largest absolute Gasteiger partial charge is 0.465 e. The van der Waals surface area contributed by atoms with Crippen molar-refractivity contribution in [2.45, 2.75) is 50.1 Å². The number of hydrogen-bond acceptors (Lipinski definition) is 6. The topological polar surface area (TPSA) is 61.2 Å². The van der Waals surface area contributed by atoms with E-state index in [0.29, 0.717) is 24.2 Å². The first-order valence-electron chi connectivity index (χ1n) is 7.96. The third-order valence-electron chi connectivity index (χ3n) is 4.53. The molecule has 1 aliphatic heterocycles. The molecule has 4 rings (SSSR count). The van der Waals surface area contributed by atoms with E-state index >= 15 is 0 Å². The van der Waals surface area contributed by atoms with Gasteiger partial charge in [0.15, 0.2) is 5.16 Å². The van der Waals surface area contributed by atoms with E-state index in [-0.39, 0.29) is 16.8 Å². The van der Waals surface area contributed by atoms with Crippen molar-refractivity contribution in [1.29, 1.82) is 0 Å². The Morgan fingerprint density at radius 2 is 2.30 bits per heavy atom. The number of thiophene rings is 1. The van der Waals surface area contributed by atoms with Crippen molar-refractivity contribution in [2.75, 3.05) is 6.61 Å². The van der Waals surface area contributed by atoms with Crippen LogP contribution in [0.3, 0.4) is 0 Å². The van der Waals surface area contributed by atoms with E-state index in [9.17, 15) is 9.59 Å². The van der Waals surface area contributed by atoms with Crippen molar-refractivity contribution in [2.24, 2.45) is 5.92 Å². The van der Waals surface area contributed by atoms with Crippen LogP contribution in [0.15, 0.2) is 9.95 Å². The van der Waals surface area contributed by atoms with E-state index in [0.717, 1.165) is 29.5 Å². The van der Waals surface area contributed by atoms with Gasteiger partial charge in [-0.2, -0.15) is 0 Å². The molecule has 2 atom stereocenters. The molecule has 7 heteroatoms. The Bertz CT molecular complexity index is 855. The zero-order valence-corrected chi connectivity index (χ0v) is 14.8. The maximum Gasteiger partial charge on any atom is 0.321 e. The molecule has 0 spiro atoms. The lowest BCUT2D eigenvalue weighted by atomic mass is 9.89. The first kappa shape index (κ1) is 15.2. The molecule has 23 heavy (non-hydrogen) atoms. The number of carbonyl (C=O) groups is 1. The molecule has 0 saturated heterocycles. The second kappa shape index (κ2) is 5.63. The summed E-state index contributed by atoms with van der Waals surface area (Å²) < 4.78 is 6.73. The van der Waals surface area contributed by atoms with E-state index < -0.39 is 0 Å². The predicted octanol–water partition coefficient (Wildman–Crippen LogP) is 2.62. The maximum atomic E-state index is 12.9. The monoisotopic (exact) mass is 350 g/mol. The van der Waals surface area contributed by atoms with Gasteiger partial charge in [0.2, 0.25) is 0 Å². The Morgan fingerprint density at radius 1 is 1.48 bits per heavy atom. The molecule has 2 aromatic rings. The van der Waals surface area contributed by atoms with Crippen LogP contribution in [0.5, 0.6) is 0 Å². The third kappa shape index (κ3) is 2.41. The lowest BCUT2D eigenvalue weighted by Gasteiger charge is -2.17. The molecule has 5 nitrogen and oxygen atoms in total. The zero-order valence-electron chi connectivity index (χ0n) is 13.1. The zero-order chi connectivity index (χ0) is 16.1. The van der Waals surface area contributed by atoms with E-state index in [1.807, 2.05) is 0 Å². The van der Waals surface area contributed by atoms with Crippen LogP contribution in [-0.2, 0) is 28.9 Å². The van der Waals surface area contributed by atoms with Crippen LogP contribution in [0, 0.1) is 5.92 Å². The molecule has 0 bridgehead atoms. The summed E-state index contributed by atoms with van der Waals surface area (Å²) >= 11 is 2.99. The van der Waals surface area contributed by atoms with Crippen molar-refractivity contribution >= 4 is 39.3 Å². The van der Waals surface area contributed by atoms with E-state index in [4.69, 9.17) is 4.74 Å². The van der Waals surface area contributed by atoms with E-state index in [1.54, 1.807) is 22.8 Å². The Kier molecular flexibility index (Phi) is 3.72.